The summed E-state index contributed by atoms with van der Waals surface area (Å²) in [7, 11) is 0. The maximum atomic E-state index is 6.44. The van der Waals surface area contributed by atoms with Gasteiger partial charge in [0.2, 0.25) is 0 Å². The standard InChI is InChI=1S/C17H17BrClIN4O/c1-4-25-14-10(7-11(19)9(3)12(14)20)8(2)17-23-15(18)13-16(21)22-5-6-24(13)17/h5-8H,4H2,1-3H3,(H2,21,22). The molecule has 132 valence electrons. The lowest BCUT2D eigenvalue weighted by atomic mass is 9.97. The van der Waals surface area contributed by atoms with E-state index in [4.69, 9.17) is 22.1 Å². The molecule has 25 heavy (non-hydrogen) atoms. The predicted octanol–water partition coefficient (Wildman–Crippen LogP) is 5.19. The fourth-order valence-electron chi connectivity index (χ4n) is 2.81. The highest BCUT2D eigenvalue weighted by Gasteiger charge is 2.24. The Morgan fingerprint density at radius 3 is 2.88 bits per heavy atom. The van der Waals surface area contributed by atoms with Crippen molar-refractivity contribution in [2.75, 3.05) is 12.3 Å². The molecule has 1 atom stereocenters. The van der Waals surface area contributed by atoms with Crippen LogP contribution in [0.2, 0.25) is 5.02 Å². The molecule has 0 fully saturated rings. The van der Waals surface area contributed by atoms with Crippen molar-refractivity contribution in [1.29, 1.82) is 0 Å². The smallest absolute Gasteiger partial charge is 0.150 e. The lowest BCUT2D eigenvalue weighted by Gasteiger charge is -2.19. The maximum Gasteiger partial charge on any atom is 0.150 e. The van der Waals surface area contributed by atoms with Crippen molar-refractivity contribution >= 4 is 61.5 Å². The van der Waals surface area contributed by atoms with Gasteiger partial charge in [0.05, 0.1) is 10.2 Å². The largest absolute Gasteiger partial charge is 0.492 e. The quantitative estimate of drug-likeness (QED) is 0.467. The van der Waals surface area contributed by atoms with Gasteiger partial charge in [-0.05, 0) is 64.0 Å². The van der Waals surface area contributed by atoms with Gasteiger partial charge in [-0.15, -0.1) is 0 Å². The molecule has 1 unspecified atom stereocenters. The molecule has 2 heterocycles. The minimum absolute atomic E-state index is 0.0474. The molecule has 0 bridgehead atoms. The molecule has 0 amide bonds. The van der Waals surface area contributed by atoms with Crippen molar-refractivity contribution < 1.29 is 4.74 Å². The number of rotatable bonds is 4. The highest BCUT2D eigenvalue weighted by Crippen LogP contribution is 2.40. The Kier molecular flexibility index (Phi) is 5.45. The summed E-state index contributed by atoms with van der Waals surface area (Å²) < 4.78 is 9.58. The number of nitrogens with zero attached hydrogens (tertiary/aromatic N) is 3. The lowest BCUT2D eigenvalue weighted by molar-refractivity contribution is 0.332. The number of ether oxygens (including phenoxy) is 1. The zero-order valence-corrected chi connectivity index (χ0v) is 18.5. The Bertz CT molecular complexity index is 960. The Hall–Kier alpha value is -1.06. The average molecular weight is 536 g/mol. The van der Waals surface area contributed by atoms with Crippen molar-refractivity contribution in [2.24, 2.45) is 0 Å². The highest BCUT2D eigenvalue weighted by molar-refractivity contribution is 14.1. The van der Waals surface area contributed by atoms with Crippen LogP contribution in [0.15, 0.2) is 23.1 Å². The van der Waals surface area contributed by atoms with Crippen LogP contribution in [0.5, 0.6) is 5.75 Å². The van der Waals surface area contributed by atoms with E-state index in [2.05, 4.69) is 55.4 Å². The molecule has 2 aromatic heterocycles. The van der Waals surface area contributed by atoms with Gasteiger partial charge in [-0.3, -0.25) is 4.40 Å². The van der Waals surface area contributed by atoms with Crippen LogP contribution in [0.1, 0.15) is 36.7 Å². The summed E-state index contributed by atoms with van der Waals surface area (Å²) in [5, 5.41) is 0.718. The molecular weight excluding hydrogens is 518 g/mol. The van der Waals surface area contributed by atoms with Gasteiger partial charge in [0.15, 0.2) is 5.82 Å². The predicted molar refractivity (Wildman–Crippen MR) is 113 cm³/mol. The molecule has 1 aromatic carbocycles. The fourth-order valence-corrected chi connectivity index (χ4v) is 4.52. The zero-order valence-electron chi connectivity index (χ0n) is 14.0. The summed E-state index contributed by atoms with van der Waals surface area (Å²) >= 11 is 12.2. The third-order valence-electron chi connectivity index (χ3n) is 4.14. The molecular formula is C17H17BrClIN4O. The number of halogens is 3. The van der Waals surface area contributed by atoms with Crippen molar-refractivity contribution in [3.05, 3.63) is 48.6 Å². The van der Waals surface area contributed by atoms with Crippen LogP contribution >= 0.6 is 50.1 Å². The first-order chi connectivity index (χ1) is 11.9. The van der Waals surface area contributed by atoms with Crippen LogP contribution < -0.4 is 10.5 Å². The van der Waals surface area contributed by atoms with Crippen LogP contribution in [-0.4, -0.2) is 21.0 Å². The number of nitrogen functional groups attached to an aromatic ring is 1. The zero-order chi connectivity index (χ0) is 18.3. The second-order valence-corrected chi connectivity index (χ2v) is 7.90. The van der Waals surface area contributed by atoms with Gasteiger partial charge >= 0.3 is 0 Å². The number of benzene rings is 1. The van der Waals surface area contributed by atoms with Crippen LogP contribution in [-0.2, 0) is 0 Å². The summed E-state index contributed by atoms with van der Waals surface area (Å²) in [6, 6.07) is 1.97. The van der Waals surface area contributed by atoms with Gasteiger partial charge in [-0.2, -0.15) is 0 Å². The molecule has 3 rings (SSSR count). The lowest BCUT2D eigenvalue weighted by Crippen LogP contribution is -2.08. The Balaban J connectivity index is 2.23. The van der Waals surface area contributed by atoms with Crippen LogP contribution in [0.4, 0.5) is 5.82 Å². The average Bonchev–Trinajstić information content (AvgIpc) is 2.93. The second-order valence-electron chi connectivity index (χ2n) is 5.66. The Morgan fingerprint density at radius 2 is 2.20 bits per heavy atom. The number of hydrogen-bond acceptors (Lipinski definition) is 4. The van der Waals surface area contributed by atoms with E-state index in [1.165, 1.54) is 0 Å². The molecule has 0 radical (unpaired) electrons. The van der Waals surface area contributed by atoms with Crippen molar-refractivity contribution in [1.82, 2.24) is 14.4 Å². The highest BCUT2D eigenvalue weighted by atomic mass is 127. The molecule has 0 spiro atoms. The van der Waals surface area contributed by atoms with E-state index in [0.717, 1.165) is 36.8 Å². The number of hydrogen-bond donors (Lipinski definition) is 1. The summed E-state index contributed by atoms with van der Waals surface area (Å²) in [4.78, 5) is 8.81. The molecule has 8 heteroatoms. The minimum atomic E-state index is -0.0474. The third-order valence-corrected chi connectivity index (χ3v) is 6.39. The molecule has 5 nitrogen and oxygen atoms in total. The van der Waals surface area contributed by atoms with Crippen molar-refractivity contribution in [3.8, 4) is 5.75 Å². The Morgan fingerprint density at radius 1 is 1.48 bits per heavy atom. The van der Waals surface area contributed by atoms with Crippen molar-refractivity contribution in [3.63, 3.8) is 0 Å². The van der Waals surface area contributed by atoms with Gasteiger partial charge < -0.3 is 10.5 Å². The molecule has 0 saturated carbocycles. The van der Waals surface area contributed by atoms with Gasteiger partial charge in [0.1, 0.15) is 21.7 Å². The molecule has 0 aliphatic carbocycles. The van der Waals surface area contributed by atoms with E-state index in [9.17, 15) is 0 Å². The monoisotopic (exact) mass is 534 g/mol. The molecule has 2 N–H and O–H groups in total. The number of fused-ring (bicyclic) bond motifs is 1. The van der Waals surface area contributed by atoms with E-state index < -0.39 is 0 Å². The molecule has 3 aromatic rings. The number of aromatic nitrogens is 3. The summed E-state index contributed by atoms with van der Waals surface area (Å²) in [6.07, 6.45) is 3.53. The molecule has 0 aliphatic rings. The summed E-state index contributed by atoms with van der Waals surface area (Å²) in [6.45, 7) is 6.63. The van der Waals surface area contributed by atoms with Crippen molar-refractivity contribution in [2.45, 2.75) is 26.7 Å². The molecule has 0 saturated heterocycles. The minimum Gasteiger partial charge on any atom is -0.492 e. The van der Waals surface area contributed by atoms with Gasteiger partial charge in [-0.1, -0.05) is 18.5 Å². The number of imidazole rings is 1. The van der Waals surface area contributed by atoms with Crippen LogP contribution in [0, 0.1) is 10.5 Å². The van der Waals surface area contributed by atoms with E-state index in [1.54, 1.807) is 6.20 Å². The first kappa shape index (κ1) is 18.7. The van der Waals surface area contributed by atoms with E-state index in [0.29, 0.717) is 17.0 Å². The SMILES string of the molecule is CCOc1c(C(C)c2nc(Br)c3c(N)nccn23)cc(Cl)c(C)c1I. The van der Waals surface area contributed by atoms with Gasteiger partial charge in [-0.25, -0.2) is 9.97 Å². The topological polar surface area (TPSA) is 65.4 Å². The summed E-state index contributed by atoms with van der Waals surface area (Å²) in [5.74, 6) is 2.08. The van der Waals surface area contributed by atoms with E-state index in [1.807, 2.05) is 30.5 Å². The number of anilines is 1. The maximum absolute atomic E-state index is 6.44. The third kappa shape index (κ3) is 3.21. The summed E-state index contributed by atoms with van der Waals surface area (Å²) in [5.41, 5.74) is 8.78. The normalized spacial score (nSPS) is 12.6. The first-order valence-corrected chi connectivity index (χ1v) is 10.0. The van der Waals surface area contributed by atoms with Crippen LogP contribution in [0.25, 0.3) is 5.52 Å². The number of nitrogens with two attached hydrogens (primary N) is 1. The van der Waals surface area contributed by atoms with E-state index in [-0.39, 0.29) is 5.92 Å². The Labute approximate surface area is 173 Å². The first-order valence-electron chi connectivity index (χ1n) is 7.76. The second kappa shape index (κ2) is 7.28. The fraction of sp³-hybridized carbons (Fsp3) is 0.294. The van der Waals surface area contributed by atoms with Crippen LogP contribution in [0.3, 0.4) is 0 Å². The van der Waals surface area contributed by atoms with Gasteiger partial charge in [0.25, 0.3) is 0 Å². The molecule has 0 aliphatic heterocycles. The van der Waals surface area contributed by atoms with Gasteiger partial charge in [0, 0.05) is 28.9 Å². The van der Waals surface area contributed by atoms with E-state index >= 15 is 0 Å².